The summed E-state index contributed by atoms with van der Waals surface area (Å²) in [5, 5.41) is 16.8. The molecular formula is C17H18N4O4S2. The van der Waals surface area contributed by atoms with Gasteiger partial charge in [0.1, 0.15) is 0 Å². The lowest BCUT2D eigenvalue weighted by molar-refractivity contribution is -0.384. The van der Waals surface area contributed by atoms with Crippen molar-refractivity contribution in [3.05, 3.63) is 58.1 Å². The molecule has 1 unspecified atom stereocenters. The molecule has 2 N–H and O–H groups in total. The predicted octanol–water partition coefficient (Wildman–Crippen LogP) is 3.47. The molecule has 0 saturated carbocycles. The zero-order valence-electron chi connectivity index (χ0n) is 14.7. The molecule has 2 aromatic carbocycles. The van der Waals surface area contributed by atoms with Crippen molar-refractivity contribution in [1.82, 2.24) is 9.55 Å². The molecule has 0 aliphatic carbocycles. The van der Waals surface area contributed by atoms with Crippen LogP contribution in [0.4, 0.5) is 5.69 Å². The minimum atomic E-state index is -3.80. The van der Waals surface area contributed by atoms with Gasteiger partial charge in [0, 0.05) is 23.9 Å². The summed E-state index contributed by atoms with van der Waals surface area (Å²) in [6.45, 7) is 4.56. The van der Waals surface area contributed by atoms with Gasteiger partial charge < -0.3 is 4.57 Å². The smallest absolute Gasteiger partial charge is 0.269 e. The van der Waals surface area contributed by atoms with Crippen molar-refractivity contribution < 1.29 is 13.3 Å². The van der Waals surface area contributed by atoms with Crippen LogP contribution < -0.4 is 5.14 Å². The number of imidazole rings is 1. The molecule has 10 heteroatoms. The molecule has 1 atom stereocenters. The number of aryl methyl sites for hydroxylation is 1. The predicted molar refractivity (Wildman–Crippen MR) is 104 cm³/mol. The van der Waals surface area contributed by atoms with Gasteiger partial charge in [0.25, 0.3) is 5.69 Å². The Balaban J connectivity index is 1.98. The third-order valence-corrected chi connectivity index (χ3v) is 6.22. The molecule has 3 rings (SSSR count). The molecule has 0 amide bonds. The molecule has 3 aromatic rings. The zero-order valence-corrected chi connectivity index (χ0v) is 16.3. The van der Waals surface area contributed by atoms with Gasteiger partial charge in [-0.2, -0.15) is 0 Å². The lowest BCUT2D eigenvalue weighted by Gasteiger charge is -2.12. The number of primary sulfonamides is 1. The van der Waals surface area contributed by atoms with Crippen LogP contribution in [0.1, 0.15) is 24.7 Å². The van der Waals surface area contributed by atoms with Crippen LogP contribution in [0.5, 0.6) is 0 Å². The summed E-state index contributed by atoms with van der Waals surface area (Å²) in [4.78, 5) is 15.1. The van der Waals surface area contributed by atoms with E-state index in [9.17, 15) is 18.5 Å². The number of benzene rings is 2. The molecule has 0 spiro atoms. The summed E-state index contributed by atoms with van der Waals surface area (Å²) in [5.74, 6) is 0. The Bertz CT molecular complexity index is 1130. The number of nitro groups is 1. The first-order chi connectivity index (χ1) is 12.7. The van der Waals surface area contributed by atoms with E-state index in [4.69, 9.17) is 5.14 Å². The van der Waals surface area contributed by atoms with Gasteiger partial charge in [-0.15, -0.1) is 0 Å². The fourth-order valence-electron chi connectivity index (χ4n) is 2.78. The highest BCUT2D eigenvalue weighted by atomic mass is 32.2. The van der Waals surface area contributed by atoms with Crippen molar-refractivity contribution in [3.8, 4) is 0 Å². The molecule has 1 aromatic heterocycles. The van der Waals surface area contributed by atoms with Gasteiger partial charge in [0.05, 0.1) is 20.9 Å². The number of nitrogens with two attached hydrogens (primary N) is 1. The van der Waals surface area contributed by atoms with Gasteiger partial charge in [-0.1, -0.05) is 23.9 Å². The standard InChI is InChI=1S/C17H18N4O4S2/c1-3-20-16-8-7-14(27(18,24)25)10-15(16)19-17(20)26-11(2)12-5-4-6-13(9-12)21(22)23/h4-11H,3H2,1-2H3,(H2,18,24,25). The van der Waals surface area contributed by atoms with E-state index < -0.39 is 14.9 Å². The number of sulfonamides is 1. The summed E-state index contributed by atoms with van der Waals surface area (Å²) in [6.07, 6.45) is 0. The van der Waals surface area contributed by atoms with E-state index in [0.717, 1.165) is 11.1 Å². The average molecular weight is 406 g/mol. The third kappa shape index (κ3) is 3.97. The van der Waals surface area contributed by atoms with Crippen LogP contribution in [0, 0.1) is 10.1 Å². The molecule has 8 nitrogen and oxygen atoms in total. The number of nitro benzene ring substituents is 1. The number of hydrogen-bond donors (Lipinski definition) is 1. The second kappa shape index (κ2) is 7.29. The molecule has 0 aliphatic rings. The number of nitrogens with zero attached hydrogens (tertiary/aromatic N) is 3. The Morgan fingerprint density at radius 2 is 2.04 bits per heavy atom. The van der Waals surface area contributed by atoms with E-state index in [1.54, 1.807) is 18.2 Å². The monoisotopic (exact) mass is 406 g/mol. The van der Waals surface area contributed by atoms with E-state index in [1.165, 1.54) is 30.0 Å². The van der Waals surface area contributed by atoms with Crippen molar-refractivity contribution >= 4 is 38.5 Å². The molecule has 0 radical (unpaired) electrons. The summed E-state index contributed by atoms with van der Waals surface area (Å²) in [6, 6.07) is 11.1. The van der Waals surface area contributed by atoms with Gasteiger partial charge in [-0.05, 0) is 37.6 Å². The van der Waals surface area contributed by atoms with Crippen molar-refractivity contribution in [2.45, 2.75) is 35.7 Å². The number of thioether (sulfide) groups is 1. The molecule has 1 heterocycles. The Kier molecular flexibility index (Phi) is 5.22. The number of hydrogen-bond acceptors (Lipinski definition) is 6. The topological polar surface area (TPSA) is 121 Å². The van der Waals surface area contributed by atoms with Crippen LogP contribution in [-0.4, -0.2) is 22.9 Å². The molecule has 0 saturated heterocycles. The molecule has 0 bridgehead atoms. The van der Waals surface area contributed by atoms with Crippen LogP contribution in [0.3, 0.4) is 0 Å². The minimum absolute atomic E-state index is 0.0130. The number of fused-ring (bicyclic) bond motifs is 1. The van der Waals surface area contributed by atoms with Crippen molar-refractivity contribution in [2.24, 2.45) is 5.14 Å². The highest BCUT2D eigenvalue weighted by Crippen LogP contribution is 2.37. The summed E-state index contributed by atoms with van der Waals surface area (Å²) < 4.78 is 25.1. The molecular weight excluding hydrogens is 388 g/mol. The Morgan fingerprint density at radius 3 is 2.67 bits per heavy atom. The molecule has 142 valence electrons. The van der Waals surface area contributed by atoms with Crippen LogP contribution in [-0.2, 0) is 16.6 Å². The number of non-ortho nitro benzene ring substituents is 1. The van der Waals surface area contributed by atoms with E-state index in [0.29, 0.717) is 17.2 Å². The second-order valence-electron chi connectivity index (χ2n) is 5.95. The van der Waals surface area contributed by atoms with Crippen molar-refractivity contribution in [3.63, 3.8) is 0 Å². The zero-order chi connectivity index (χ0) is 19.8. The number of rotatable bonds is 6. The lowest BCUT2D eigenvalue weighted by atomic mass is 10.1. The highest BCUT2D eigenvalue weighted by Gasteiger charge is 2.18. The van der Waals surface area contributed by atoms with Gasteiger partial charge in [-0.25, -0.2) is 18.5 Å². The van der Waals surface area contributed by atoms with Crippen LogP contribution in [0.2, 0.25) is 0 Å². The third-order valence-electron chi connectivity index (χ3n) is 4.16. The summed E-state index contributed by atoms with van der Waals surface area (Å²) >= 11 is 1.46. The van der Waals surface area contributed by atoms with E-state index in [2.05, 4.69) is 4.98 Å². The van der Waals surface area contributed by atoms with Gasteiger partial charge in [-0.3, -0.25) is 10.1 Å². The van der Waals surface area contributed by atoms with Gasteiger partial charge in [0.2, 0.25) is 10.0 Å². The van der Waals surface area contributed by atoms with Gasteiger partial charge in [0.15, 0.2) is 5.16 Å². The van der Waals surface area contributed by atoms with E-state index in [-0.39, 0.29) is 15.8 Å². The Morgan fingerprint density at radius 1 is 1.30 bits per heavy atom. The number of aromatic nitrogens is 2. The molecule has 0 aliphatic heterocycles. The first kappa shape index (κ1) is 19.3. The lowest BCUT2D eigenvalue weighted by Crippen LogP contribution is -2.11. The second-order valence-corrected chi connectivity index (χ2v) is 8.82. The van der Waals surface area contributed by atoms with Crippen LogP contribution in [0.25, 0.3) is 11.0 Å². The quantitative estimate of drug-likeness (QED) is 0.380. The van der Waals surface area contributed by atoms with Crippen LogP contribution in [0.15, 0.2) is 52.5 Å². The highest BCUT2D eigenvalue weighted by molar-refractivity contribution is 7.99. The molecule has 0 fully saturated rings. The summed E-state index contributed by atoms with van der Waals surface area (Å²) in [7, 11) is -3.80. The normalized spacial score (nSPS) is 13.0. The summed E-state index contributed by atoms with van der Waals surface area (Å²) in [5.41, 5.74) is 2.20. The first-order valence-corrected chi connectivity index (χ1v) is 10.6. The Labute approximate surface area is 160 Å². The van der Waals surface area contributed by atoms with Crippen molar-refractivity contribution in [2.75, 3.05) is 0 Å². The largest absolute Gasteiger partial charge is 0.319 e. The fraction of sp³-hybridized carbons (Fsp3) is 0.235. The average Bonchev–Trinajstić information content (AvgIpc) is 2.97. The minimum Gasteiger partial charge on any atom is -0.319 e. The SMILES string of the molecule is CCn1c(SC(C)c2cccc([N+](=O)[O-])c2)nc2cc(S(N)(=O)=O)ccc21. The fourth-order valence-corrected chi connectivity index (χ4v) is 4.42. The maximum atomic E-state index is 11.6. The maximum absolute atomic E-state index is 11.6. The Hall–Kier alpha value is -2.43. The first-order valence-electron chi connectivity index (χ1n) is 8.14. The van der Waals surface area contributed by atoms with Gasteiger partial charge >= 0.3 is 0 Å². The molecule has 27 heavy (non-hydrogen) atoms. The maximum Gasteiger partial charge on any atom is 0.269 e. The van der Waals surface area contributed by atoms with E-state index in [1.807, 2.05) is 24.5 Å². The van der Waals surface area contributed by atoms with Crippen LogP contribution >= 0.6 is 11.8 Å². The van der Waals surface area contributed by atoms with E-state index >= 15 is 0 Å². The van der Waals surface area contributed by atoms with Crippen molar-refractivity contribution in [1.29, 1.82) is 0 Å².